The summed E-state index contributed by atoms with van der Waals surface area (Å²) >= 11 is 0. The van der Waals surface area contributed by atoms with Gasteiger partial charge in [0, 0.05) is 25.4 Å². The maximum absolute atomic E-state index is 9.35. The van der Waals surface area contributed by atoms with Crippen molar-refractivity contribution >= 4 is 29.9 Å². The fraction of sp³-hybridized carbons (Fsp3) is 0.565. The van der Waals surface area contributed by atoms with Crippen LogP contribution in [-0.2, 0) is 6.54 Å². The molecule has 7 heteroatoms. The highest BCUT2D eigenvalue weighted by atomic mass is 127. The van der Waals surface area contributed by atoms with E-state index in [1.54, 1.807) is 0 Å². The first-order valence-corrected chi connectivity index (χ1v) is 10.7. The van der Waals surface area contributed by atoms with Crippen LogP contribution in [-0.4, -0.2) is 40.5 Å². The molecule has 2 aromatic rings. The molecule has 0 amide bonds. The van der Waals surface area contributed by atoms with Crippen molar-refractivity contribution in [2.45, 2.75) is 54.0 Å². The van der Waals surface area contributed by atoms with E-state index < -0.39 is 0 Å². The molecule has 0 saturated carbocycles. The number of aliphatic hydroxyl groups excluding tert-OH is 1. The van der Waals surface area contributed by atoms with Gasteiger partial charge in [-0.3, -0.25) is 0 Å². The lowest BCUT2D eigenvalue weighted by atomic mass is 9.94. The van der Waals surface area contributed by atoms with Gasteiger partial charge in [0.1, 0.15) is 0 Å². The number of aryl methyl sites for hydroxylation is 2. The molecular weight excluding hydrogens is 489 g/mol. The number of guanidine groups is 1. The van der Waals surface area contributed by atoms with Crippen molar-refractivity contribution in [3.63, 3.8) is 0 Å². The van der Waals surface area contributed by atoms with Gasteiger partial charge in [0.15, 0.2) is 5.96 Å². The van der Waals surface area contributed by atoms with Gasteiger partial charge < -0.3 is 15.7 Å². The van der Waals surface area contributed by atoms with Crippen LogP contribution >= 0.6 is 24.0 Å². The molecule has 1 heterocycles. The molecule has 1 aromatic heterocycles. The van der Waals surface area contributed by atoms with E-state index in [0.29, 0.717) is 18.4 Å². The van der Waals surface area contributed by atoms with E-state index in [1.807, 2.05) is 23.7 Å². The Morgan fingerprint density at radius 1 is 1.20 bits per heavy atom. The van der Waals surface area contributed by atoms with Crippen LogP contribution in [0.4, 0.5) is 0 Å². The SMILES string of the molecule is CCNC(=NCc1ccccc1-n1nc(C)cc1C)NCC(CCO)CC(C)C.I. The number of hydrogen-bond acceptors (Lipinski definition) is 3. The first kappa shape index (κ1) is 26.4. The van der Waals surface area contributed by atoms with E-state index in [0.717, 1.165) is 54.5 Å². The Kier molecular flexibility index (Phi) is 12.0. The minimum absolute atomic E-state index is 0. The van der Waals surface area contributed by atoms with Gasteiger partial charge in [-0.2, -0.15) is 5.10 Å². The largest absolute Gasteiger partial charge is 0.396 e. The Morgan fingerprint density at radius 2 is 1.93 bits per heavy atom. The van der Waals surface area contributed by atoms with Gasteiger partial charge in [0.2, 0.25) is 0 Å². The number of aliphatic imine (C=N–C) groups is 1. The third-order valence-corrected chi connectivity index (χ3v) is 4.88. The van der Waals surface area contributed by atoms with E-state index in [9.17, 15) is 5.11 Å². The highest BCUT2D eigenvalue weighted by Gasteiger charge is 2.12. The van der Waals surface area contributed by atoms with Crippen LogP contribution in [0.25, 0.3) is 5.69 Å². The van der Waals surface area contributed by atoms with Gasteiger partial charge in [0.25, 0.3) is 0 Å². The van der Waals surface area contributed by atoms with Crippen molar-refractivity contribution in [3.8, 4) is 5.69 Å². The smallest absolute Gasteiger partial charge is 0.191 e. The van der Waals surface area contributed by atoms with Crippen LogP contribution < -0.4 is 10.6 Å². The summed E-state index contributed by atoms with van der Waals surface area (Å²) in [5, 5.41) is 20.8. The normalized spacial score (nSPS) is 12.6. The summed E-state index contributed by atoms with van der Waals surface area (Å²) in [5.74, 6) is 1.86. The highest BCUT2D eigenvalue weighted by molar-refractivity contribution is 14.0. The summed E-state index contributed by atoms with van der Waals surface area (Å²) in [4.78, 5) is 4.81. The predicted octanol–water partition coefficient (Wildman–Crippen LogP) is 4.21. The van der Waals surface area contributed by atoms with Gasteiger partial charge in [0.05, 0.1) is 17.9 Å². The average Bonchev–Trinajstić information content (AvgIpc) is 3.01. The number of aliphatic hydroxyl groups is 1. The Hall–Kier alpha value is -1.61. The first-order chi connectivity index (χ1) is 13.9. The fourth-order valence-corrected chi connectivity index (χ4v) is 3.62. The Balaban J connectivity index is 0.00000450. The van der Waals surface area contributed by atoms with Crippen LogP contribution in [0, 0.1) is 25.7 Å². The Morgan fingerprint density at radius 3 is 2.53 bits per heavy atom. The highest BCUT2D eigenvalue weighted by Crippen LogP contribution is 2.18. The van der Waals surface area contributed by atoms with E-state index in [2.05, 4.69) is 61.6 Å². The summed E-state index contributed by atoms with van der Waals surface area (Å²) in [6.45, 7) is 13.0. The van der Waals surface area contributed by atoms with Crippen molar-refractivity contribution in [3.05, 3.63) is 47.3 Å². The van der Waals surface area contributed by atoms with Crippen LogP contribution in [0.3, 0.4) is 0 Å². The summed E-state index contributed by atoms with van der Waals surface area (Å²) < 4.78 is 1.99. The minimum Gasteiger partial charge on any atom is -0.396 e. The fourth-order valence-electron chi connectivity index (χ4n) is 3.62. The van der Waals surface area contributed by atoms with E-state index >= 15 is 0 Å². The summed E-state index contributed by atoms with van der Waals surface area (Å²) in [6, 6.07) is 10.4. The molecule has 0 aliphatic rings. The number of nitrogens with one attached hydrogen (secondary N) is 2. The van der Waals surface area contributed by atoms with Crippen molar-refractivity contribution < 1.29 is 5.11 Å². The lowest BCUT2D eigenvalue weighted by Crippen LogP contribution is -2.40. The Labute approximate surface area is 198 Å². The molecule has 0 bridgehead atoms. The zero-order valence-electron chi connectivity index (χ0n) is 19.0. The molecule has 0 aliphatic heterocycles. The van der Waals surface area contributed by atoms with Gasteiger partial charge >= 0.3 is 0 Å². The molecule has 0 aliphatic carbocycles. The third-order valence-electron chi connectivity index (χ3n) is 4.88. The molecular formula is C23H38IN5O. The second kappa shape index (κ2) is 13.6. The molecule has 168 valence electrons. The number of aromatic nitrogens is 2. The van der Waals surface area contributed by atoms with Gasteiger partial charge in [-0.1, -0.05) is 32.0 Å². The molecule has 1 atom stereocenters. The number of para-hydroxylation sites is 1. The van der Waals surface area contributed by atoms with E-state index in [4.69, 9.17) is 4.99 Å². The van der Waals surface area contributed by atoms with Crippen molar-refractivity contribution in [1.82, 2.24) is 20.4 Å². The Bertz CT molecular complexity index is 788. The summed E-state index contributed by atoms with van der Waals surface area (Å²) in [6.07, 6.45) is 1.90. The van der Waals surface area contributed by atoms with Crippen LogP contribution in [0.5, 0.6) is 0 Å². The number of nitrogens with zero attached hydrogens (tertiary/aromatic N) is 3. The van der Waals surface area contributed by atoms with Gasteiger partial charge in [-0.25, -0.2) is 9.67 Å². The first-order valence-electron chi connectivity index (χ1n) is 10.7. The van der Waals surface area contributed by atoms with Crippen molar-refractivity contribution in [2.75, 3.05) is 19.7 Å². The minimum atomic E-state index is 0. The van der Waals surface area contributed by atoms with E-state index in [-0.39, 0.29) is 30.6 Å². The third kappa shape index (κ3) is 8.26. The molecule has 1 unspecified atom stereocenters. The maximum Gasteiger partial charge on any atom is 0.191 e. The predicted molar refractivity (Wildman–Crippen MR) is 136 cm³/mol. The molecule has 6 nitrogen and oxygen atoms in total. The van der Waals surface area contributed by atoms with Crippen molar-refractivity contribution in [1.29, 1.82) is 0 Å². The molecule has 0 radical (unpaired) electrons. The zero-order valence-corrected chi connectivity index (χ0v) is 21.3. The number of halogens is 1. The second-order valence-electron chi connectivity index (χ2n) is 8.05. The zero-order chi connectivity index (χ0) is 21.2. The lowest BCUT2D eigenvalue weighted by Gasteiger charge is -2.20. The van der Waals surface area contributed by atoms with Crippen LogP contribution in [0.15, 0.2) is 35.3 Å². The maximum atomic E-state index is 9.35. The number of benzene rings is 1. The van der Waals surface area contributed by atoms with Crippen molar-refractivity contribution in [2.24, 2.45) is 16.8 Å². The summed E-state index contributed by atoms with van der Waals surface area (Å²) in [7, 11) is 0. The average molecular weight is 527 g/mol. The van der Waals surface area contributed by atoms with Gasteiger partial charge in [-0.15, -0.1) is 24.0 Å². The topological polar surface area (TPSA) is 74.5 Å². The molecule has 1 aromatic carbocycles. The molecule has 3 N–H and O–H groups in total. The monoisotopic (exact) mass is 527 g/mol. The summed E-state index contributed by atoms with van der Waals surface area (Å²) in [5.41, 5.74) is 4.32. The van der Waals surface area contributed by atoms with Crippen LogP contribution in [0.2, 0.25) is 0 Å². The van der Waals surface area contributed by atoms with E-state index in [1.165, 1.54) is 0 Å². The number of rotatable bonds is 10. The molecule has 30 heavy (non-hydrogen) atoms. The van der Waals surface area contributed by atoms with Crippen LogP contribution in [0.1, 0.15) is 50.6 Å². The molecule has 0 spiro atoms. The second-order valence-corrected chi connectivity index (χ2v) is 8.05. The number of hydrogen-bond donors (Lipinski definition) is 3. The molecule has 0 fully saturated rings. The standard InChI is InChI=1S/C23H37N5O.HI/c1-6-24-23(25-15-20(11-12-29)13-17(2)3)26-16-21-9-7-8-10-22(21)28-19(5)14-18(4)27-28;/h7-10,14,17,20,29H,6,11-13,15-16H2,1-5H3,(H2,24,25,26);1H. The molecule has 0 saturated heterocycles. The molecule has 2 rings (SSSR count). The quantitative estimate of drug-likeness (QED) is 0.246. The van der Waals surface area contributed by atoms with Gasteiger partial charge in [-0.05, 0) is 63.1 Å². The lowest BCUT2D eigenvalue weighted by molar-refractivity contribution is 0.243.